The minimum absolute atomic E-state index is 0.443. The third-order valence-electron chi connectivity index (χ3n) is 2.89. The monoisotopic (exact) mass is 224 g/mol. The minimum atomic E-state index is 0.443. The van der Waals surface area contributed by atoms with Gasteiger partial charge in [0.05, 0.1) is 24.7 Å². The molecule has 0 aromatic heterocycles. The zero-order chi connectivity index (χ0) is 12.0. The smallest absolute Gasteiger partial charge is 0.0953 e. The lowest BCUT2D eigenvalue weighted by atomic mass is 10.1. The summed E-state index contributed by atoms with van der Waals surface area (Å²) in [6.07, 6.45) is 9.41. The molecule has 16 heavy (non-hydrogen) atoms. The normalized spacial score (nSPS) is 28.8. The van der Waals surface area contributed by atoms with Crippen LogP contribution in [0.4, 0.5) is 0 Å². The van der Waals surface area contributed by atoms with Gasteiger partial charge >= 0.3 is 0 Å². The second kappa shape index (κ2) is 6.62. The number of hydrogen-bond acceptors (Lipinski definition) is 2. The van der Waals surface area contributed by atoms with Gasteiger partial charge in [-0.05, 0) is 64.5 Å². The lowest BCUT2D eigenvalue weighted by Crippen LogP contribution is -2.08. The van der Waals surface area contributed by atoms with Crippen LogP contribution in [-0.2, 0) is 9.47 Å². The molecule has 92 valence electrons. The van der Waals surface area contributed by atoms with Crippen molar-refractivity contribution in [2.45, 2.75) is 65.6 Å². The highest BCUT2D eigenvalue weighted by molar-refractivity contribution is 4.96. The van der Waals surface area contributed by atoms with Gasteiger partial charge in [0, 0.05) is 0 Å². The Labute approximate surface area is 99.3 Å². The fourth-order valence-corrected chi connectivity index (χ4v) is 1.58. The summed E-state index contributed by atoms with van der Waals surface area (Å²) >= 11 is 0. The van der Waals surface area contributed by atoms with Crippen LogP contribution in [0.5, 0.6) is 0 Å². The van der Waals surface area contributed by atoms with Crippen molar-refractivity contribution < 1.29 is 9.47 Å². The number of rotatable bonds is 0. The lowest BCUT2D eigenvalue weighted by Gasteiger charge is -2.16. The van der Waals surface area contributed by atoms with Crippen LogP contribution in [0, 0.1) is 0 Å². The van der Waals surface area contributed by atoms with Gasteiger partial charge in [-0.1, -0.05) is 0 Å². The average molecular weight is 224 g/mol. The Morgan fingerprint density at radius 1 is 0.875 bits per heavy atom. The SMILES string of the molecule is CC1=COC(C)CC1.CC1=COC(C)CC1. The predicted molar refractivity (Wildman–Crippen MR) is 67.1 cm³/mol. The molecule has 0 radical (unpaired) electrons. The van der Waals surface area contributed by atoms with Gasteiger partial charge in [-0.3, -0.25) is 0 Å². The molecule has 2 atom stereocenters. The summed E-state index contributed by atoms with van der Waals surface area (Å²) in [4.78, 5) is 0. The van der Waals surface area contributed by atoms with Crippen LogP contribution < -0.4 is 0 Å². The van der Waals surface area contributed by atoms with Crippen molar-refractivity contribution >= 4 is 0 Å². The molecule has 0 aromatic carbocycles. The third-order valence-corrected chi connectivity index (χ3v) is 2.89. The van der Waals surface area contributed by atoms with E-state index in [0.717, 1.165) is 0 Å². The summed E-state index contributed by atoms with van der Waals surface area (Å²) in [5, 5.41) is 0. The van der Waals surface area contributed by atoms with Crippen LogP contribution in [0.3, 0.4) is 0 Å². The molecule has 0 saturated heterocycles. The van der Waals surface area contributed by atoms with Gasteiger partial charge < -0.3 is 9.47 Å². The van der Waals surface area contributed by atoms with Crippen LogP contribution in [0.2, 0.25) is 0 Å². The summed E-state index contributed by atoms with van der Waals surface area (Å²) in [5.74, 6) is 0. The molecular formula is C14H24O2. The quantitative estimate of drug-likeness (QED) is 0.614. The van der Waals surface area contributed by atoms with Gasteiger partial charge in [-0.2, -0.15) is 0 Å². The van der Waals surface area contributed by atoms with Crippen LogP contribution in [0.15, 0.2) is 23.7 Å². The van der Waals surface area contributed by atoms with Crippen LogP contribution in [-0.4, -0.2) is 12.2 Å². The van der Waals surface area contributed by atoms with E-state index in [-0.39, 0.29) is 0 Å². The van der Waals surface area contributed by atoms with Crippen molar-refractivity contribution in [3.63, 3.8) is 0 Å². The molecule has 2 nitrogen and oxygen atoms in total. The molecule has 0 aliphatic carbocycles. The van der Waals surface area contributed by atoms with Gasteiger partial charge in [0.15, 0.2) is 0 Å². The molecule has 2 aliphatic rings. The summed E-state index contributed by atoms with van der Waals surface area (Å²) in [7, 11) is 0. The Morgan fingerprint density at radius 3 is 1.44 bits per heavy atom. The highest BCUT2D eigenvalue weighted by Gasteiger charge is 2.06. The van der Waals surface area contributed by atoms with Gasteiger partial charge in [-0.15, -0.1) is 0 Å². The zero-order valence-corrected chi connectivity index (χ0v) is 11.0. The highest BCUT2D eigenvalue weighted by atomic mass is 16.5. The second-order valence-corrected chi connectivity index (χ2v) is 4.90. The molecule has 2 aliphatic heterocycles. The zero-order valence-electron chi connectivity index (χ0n) is 11.0. The highest BCUT2D eigenvalue weighted by Crippen LogP contribution is 2.15. The Morgan fingerprint density at radius 2 is 1.25 bits per heavy atom. The van der Waals surface area contributed by atoms with E-state index in [9.17, 15) is 0 Å². The van der Waals surface area contributed by atoms with Crippen LogP contribution in [0.1, 0.15) is 53.4 Å². The van der Waals surface area contributed by atoms with E-state index in [1.54, 1.807) is 0 Å². The topological polar surface area (TPSA) is 18.5 Å². The summed E-state index contributed by atoms with van der Waals surface area (Å²) in [6, 6.07) is 0. The first-order valence-corrected chi connectivity index (χ1v) is 6.20. The number of allylic oxidation sites excluding steroid dienone is 2. The van der Waals surface area contributed by atoms with Crippen LogP contribution >= 0.6 is 0 Å². The Hall–Kier alpha value is -0.920. The van der Waals surface area contributed by atoms with E-state index in [1.807, 2.05) is 12.5 Å². The van der Waals surface area contributed by atoms with Gasteiger partial charge in [-0.25, -0.2) is 0 Å². The fraction of sp³-hybridized carbons (Fsp3) is 0.714. The first-order chi connectivity index (χ1) is 7.58. The van der Waals surface area contributed by atoms with E-state index in [4.69, 9.17) is 9.47 Å². The summed E-state index contributed by atoms with van der Waals surface area (Å²) in [5.41, 5.74) is 2.73. The molecule has 0 aromatic rings. The molecule has 0 bridgehead atoms. The van der Waals surface area contributed by atoms with E-state index in [1.165, 1.54) is 36.8 Å². The van der Waals surface area contributed by atoms with E-state index < -0.39 is 0 Å². The van der Waals surface area contributed by atoms with E-state index >= 15 is 0 Å². The standard InChI is InChI=1S/2C7H12O/c2*1-6-3-4-7(2)8-5-6/h2*5,7H,3-4H2,1-2H3. The Bertz CT molecular complexity index is 238. The van der Waals surface area contributed by atoms with Crippen molar-refractivity contribution in [1.29, 1.82) is 0 Å². The largest absolute Gasteiger partial charge is 0.498 e. The molecule has 2 unspecified atom stereocenters. The van der Waals surface area contributed by atoms with Gasteiger partial charge in [0.1, 0.15) is 0 Å². The minimum Gasteiger partial charge on any atom is -0.498 e. The van der Waals surface area contributed by atoms with E-state index in [0.29, 0.717) is 12.2 Å². The van der Waals surface area contributed by atoms with Crippen molar-refractivity contribution in [2.75, 3.05) is 0 Å². The maximum absolute atomic E-state index is 5.23. The molecular weight excluding hydrogens is 200 g/mol. The van der Waals surface area contributed by atoms with Crippen molar-refractivity contribution in [3.8, 4) is 0 Å². The Balaban J connectivity index is 0.000000160. The molecule has 0 amide bonds. The average Bonchev–Trinajstić information content (AvgIpc) is 2.28. The van der Waals surface area contributed by atoms with Crippen molar-refractivity contribution in [2.24, 2.45) is 0 Å². The molecule has 0 spiro atoms. The number of hydrogen-bond donors (Lipinski definition) is 0. The molecule has 0 saturated carbocycles. The maximum atomic E-state index is 5.23. The molecule has 0 N–H and O–H groups in total. The van der Waals surface area contributed by atoms with E-state index in [2.05, 4.69) is 27.7 Å². The molecule has 2 rings (SSSR count). The van der Waals surface area contributed by atoms with Crippen molar-refractivity contribution in [1.82, 2.24) is 0 Å². The second-order valence-electron chi connectivity index (χ2n) is 4.90. The van der Waals surface area contributed by atoms with Crippen LogP contribution in [0.25, 0.3) is 0 Å². The van der Waals surface area contributed by atoms with Gasteiger partial charge in [0.25, 0.3) is 0 Å². The maximum Gasteiger partial charge on any atom is 0.0953 e. The van der Waals surface area contributed by atoms with Gasteiger partial charge in [0.2, 0.25) is 0 Å². The lowest BCUT2D eigenvalue weighted by molar-refractivity contribution is 0.136. The molecule has 0 fully saturated rings. The summed E-state index contributed by atoms with van der Waals surface area (Å²) in [6.45, 7) is 8.41. The fourth-order valence-electron chi connectivity index (χ4n) is 1.58. The third kappa shape index (κ3) is 5.24. The predicted octanol–water partition coefficient (Wildman–Crippen LogP) is 4.18. The molecule has 2 heteroatoms. The summed E-state index contributed by atoms with van der Waals surface area (Å²) < 4.78 is 10.5. The Kier molecular flexibility index (Phi) is 5.44. The first kappa shape index (κ1) is 13.1. The first-order valence-electron chi connectivity index (χ1n) is 6.20. The number of ether oxygens (including phenoxy) is 2. The van der Waals surface area contributed by atoms with Crippen molar-refractivity contribution in [3.05, 3.63) is 23.7 Å². The molecule has 2 heterocycles.